The first-order valence-electron chi connectivity index (χ1n) is 5.93. The zero-order valence-corrected chi connectivity index (χ0v) is 10.5. The molecule has 1 aromatic rings. The van der Waals surface area contributed by atoms with Gasteiger partial charge in [0.25, 0.3) is 0 Å². The average molecular weight is 248 g/mol. The van der Waals surface area contributed by atoms with Crippen molar-refractivity contribution in [3.63, 3.8) is 0 Å². The third-order valence-electron chi connectivity index (χ3n) is 2.94. The molecule has 5 heteroatoms. The lowest BCUT2D eigenvalue weighted by Gasteiger charge is -2.15. The lowest BCUT2D eigenvalue weighted by molar-refractivity contribution is -0.144. The van der Waals surface area contributed by atoms with Crippen LogP contribution in [0.5, 0.6) is 5.75 Å². The van der Waals surface area contributed by atoms with E-state index in [1.165, 1.54) is 0 Å². The minimum atomic E-state index is -0.515. The minimum absolute atomic E-state index is 0.0324. The van der Waals surface area contributed by atoms with E-state index in [0.29, 0.717) is 13.2 Å². The van der Waals surface area contributed by atoms with Gasteiger partial charge in [-0.25, -0.2) is 4.79 Å². The van der Waals surface area contributed by atoms with Crippen LogP contribution in [0.1, 0.15) is 18.4 Å². The van der Waals surface area contributed by atoms with Crippen molar-refractivity contribution in [3.8, 4) is 5.75 Å². The van der Waals surface area contributed by atoms with Crippen molar-refractivity contribution in [1.82, 2.24) is 0 Å². The first kappa shape index (κ1) is 12.5. The molecule has 0 saturated heterocycles. The Morgan fingerprint density at radius 3 is 2.72 bits per heavy atom. The van der Waals surface area contributed by atoms with Gasteiger partial charge in [0.1, 0.15) is 5.75 Å². The molecule has 1 aromatic carbocycles. The van der Waals surface area contributed by atoms with Gasteiger partial charge in [0, 0.05) is 5.92 Å². The van der Waals surface area contributed by atoms with E-state index in [-0.39, 0.29) is 11.9 Å². The molecule has 96 valence electrons. The lowest BCUT2D eigenvalue weighted by Crippen LogP contribution is -2.26. The summed E-state index contributed by atoms with van der Waals surface area (Å²) in [5.74, 6) is 0.452. The molecule has 0 bridgehead atoms. The summed E-state index contributed by atoms with van der Waals surface area (Å²) in [5.41, 5.74) is 1.03. The van der Waals surface area contributed by atoms with Crippen LogP contribution in [0.3, 0.4) is 0 Å². The number of azo groups is 1. The van der Waals surface area contributed by atoms with Crippen LogP contribution in [0.2, 0.25) is 0 Å². The van der Waals surface area contributed by atoms with Crippen molar-refractivity contribution < 1.29 is 14.3 Å². The molecule has 0 unspecified atom stereocenters. The maximum Gasteiger partial charge on any atom is 0.333 e. The largest absolute Gasteiger partial charge is 0.497 e. The van der Waals surface area contributed by atoms with Crippen LogP contribution in [0, 0.1) is 0 Å². The highest BCUT2D eigenvalue weighted by atomic mass is 16.5. The topological polar surface area (TPSA) is 60.2 Å². The number of ether oxygens (including phenoxy) is 2. The lowest BCUT2D eigenvalue weighted by atomic mass is 9.93. The smallest absolute Gasteiger partial charge is 0.333 e. The summed E-state index contributed by atoms with van der Waals surface area (Å²) in [5, 5.41) is 7.94. The number of rotatable bonds is 4. The summed E-state index contributed by atoms with van der Waals surface area (Å²) in [6.45, 7) is 2.67. The van der Waals surface area contributed by atoms with Gasteiger partial charge in [-0.1, -0.05) is 12.1 Å². The number of hydrogen-bond donors (Lipinski definition) is 0. The summed E-state index contributed by atoms with van der Waals surface area (Å²) in [4.78, 5) is 11.8. The van der Waals surface area contributed by atoms with Gasteiger partial charge in [-0.2, -0.15) is 10.2 Å². The molecule has 0 aromatic heterocycles. The van der Waals surface area contributed by atoms with Crippen LogP contribution >= 0.6 is 0 Å². The molecule has 5 nitrogen and oxygen atoms in total. The van der Waals surface area contributed by atoms with Crippen LogP contribution < -0.4 is 4.74 Å². The van der Waals surface area contributed by atoms with Crippen molar-refractivity contribution in [1.29, 1.82) is 0 Å². The third-order valence-corrected chi connectivity index (χ3v) is 2.94. The molecule has 18 heavy (non-hydrogen) atoms. The van der Waals surface area contributed by atoms with Gasteiger partial charge in [-0.05, 0) is 24.6 Å². The fourth-order valence-corrected chi connectivity index (χ4v) is 1.98. The van der Waals surface area contributed by atoms with E-state index in [9.17, 15) is 4.79 Å². The van der Waals surface area contributed by atoms with Gasteiger partial charge in [-0.3, -0.25) is 0 Å². The maximum atomic E-state index is 11.8. The van der Waals surface area contributed by atoms with Gasteiger partial charge in [0.2, 0.25) is 0 Å². The second kappa shape index (κ2) is 5.62. The summed E-state index contributed by atoms with van der Waals surface area (Å²) in [7, 11) is 1.62. The Bertz CT molecular complexity index is 442. The van der Waals surface area contributed by atoms with Crippen molar-refractivity contribution in [2.24, 2.45) is 10.2 Å². The Morgan fingerprint density at radius 1 is 1.39 bits per heavy atom. The Balaban J connectivity index is 2.14. The molecule has 1 heterocycles. The third kappa shape index (κ3) is 2.50. The SMILES string of the molecule is CCOC(=O)[C@H]1N=NC[C@@H]1c1ccc(OC)cc1. The summed E-state index contributed by atoms with van der Waals surface area (Å²) in [6.07, 6.45) is 0. The second-order valence-corrected chi connectivity index (χ2v) is 4.02. The quantitative estimate of drug-likeness (QED) is 0.767. The molecule has 2 rings (SSSR count). The van der Waals surface area contributed by atoms with Crippen molar-refractivity contribution in [3.05, 3.63) is 29.8 Å². The molecule has 1 aliphatic heterocycles. The number of hydrogen-bond acceptors (Lipinski definition) is 5. The van der Waals surface area contributed by atoms with Gasteiger partial charge in [-0.15, -0.1) is 0 Å². The first-order chi connectivity index (χ1) is 8.76. The molecule has 0 radical (unpaired) electrons. The number of nitrogens with zero attached hydrogens (tertiary/aromatic N) is 2. The van der Waals surface area contributed by atoms with Crippen LogP contribution in [0.15, 0.2) is 34.5 Å². The number of benzene rings is 1. The molecule has 0 fully saturated rings. The Kier molecular flexibility index (Phi) is 3.92. The minimum Gasteiger partial charge on any atom is -0.497 e. The standard InChI is InChI=1S/C13H16N2O3/c1-3-18-13(16)12-11(8-14-15-12)9-4-6-10(17-2)7-5-9/h4-7,11-12H,3,8H2,1-2H3/t11-,12+/m1/s1. The zero-order valence-electron chi connectivity index (χ0n) is 10.5. The number of carbonyl (C=O) groups is 1. The van der Waals surface area contributed by atoms with E-state index in [1.54, 1.807) is 14.0 Å². The van der Waals surface area contributed by atoms with Gasteiger partial charge in [0.15, 0.2) is 6.04 Å². The van der Waals surface area contributed by atoms with Crippen LogP contribution in [-0.2, 0) is 9.53 Å². The predicted molar refractivity (Wildman–Crippen MR) is 65.9 cm³/mol. The Morgan fingerprint density at radius 2 is 2.11 bits per heavy atom. The normalized spacial score (nSPS) is 21.9. The summed E-state index contributed by atoms with van der Waals surface area (Å²) in [6, 6.07) is 7.10. The van der Waals surface area contributed by atoms with Crippen molar-refractivity contribution in [2.45, 2.75) is 18.9 Å². The molecular weight excluding hydrogens is 232 g/mol. The highest BCUT2D eigenvalue weighted by molar-refractivity contribution is 5.77. The molecule has 0 spiro atoms. The number of carbonyl (C=O) groups excluding carboxylic acids is 1. The Hall–Kier alpha value is -1.91. The van der Waals surface area contributed by atoms with E-state index in [1.807, 2.05) is 24.3 Å². The maximum absolute atomic E-state index is 11.8. The van der Waals surface area contributed by atoms with Gasteiger partial charge in [0.05, 0.1) is 20.3 Å². The summed E-state index contributed by atoms with van der Waals surface area (Å²) >= 11 is 0. The monoisotopic (exact) mass is 248 g/mol. The van der Waals surface area contributed by atoms with E-state index in [4.69, 9.17) is 9.47 Å². The van der Waals surface area contributed by atoms with E-state index in [0.717, 1.165) is 11.3 Å². The number of methoxy groups -OCH3 is 1. The van der Waals surface area contributed by atoms with E-state index < -0.39 is 6.04 Å². The predicted octanol–water partition coefficient (Wildman–Crippen LogP) is 2.18. The highest BCUT2D eigenvalue weighted by Gasteiger charge is 2.34. The molecule has 0 aliphatic carbocycles. The highest BCUT2D eigenvalue weighted by Crippen LogP contribution is 2.29. The molecule has 0 amide bonds. The molecular formula is C13H16N2O3. The van der Waals surface area contributed by atoms with Gasteiger partial charge < -0.3 is 9.47 Å². The molecule has 2 atom stereocenters. The molecule has 0 N–H and O–H groups in total. The van der Waals surface area contributed by atoms with Gasteiger partial charge >= 0.3 is 5.97 Å². The fourth-order valence-electron chi connectivity index (χ4n) is 1.98. The van der Waals surface area contributed by atoms with E-state index >= 15 is 0 Å². The summed E-state index contributed by atoms with van der Waals surface area (Å²) < 4.78 is 10.1. The molecule has 0 saturated carbocycles. The van der Waals surface area contributed by atoms with Crippen LogP contribution in [0.4, 0.5) is 0 Å². The zero-order chi connectivity index (χ0) is 13.0. The molecule has 1 aliphatic rings. The van der Waals surface area contributed by atoms with Crippen molar-refractivity contribution >= 4 is 5.97 Å². The van der Waals surface area contributed by atoms with E-state index in [2.05, 4.69) is 10.2 Å². The average Bonchev–Trinajstić information content (AvgIpc) is 2.88. The number of esters is 1. The fraction of sp³-hybridized carbons (Fsp3) is 0.462. The van der Waals surface area contributed by atoms with Crippen molar-refractivity contribution in [2.75, 3.05) is 20.3 Å². The van der Waals surface area contributed by atoms with Crippen LogP contribution in [0.25, 0.3) is 0 Å². The van der Waals surface area contributed by atoms with Crippen LogP contribution in [-0.4, -0.2) is 32.3 Å². The Labute approximate surface area is 106 Å². The first-order valence-corrected chi connectivity index (χ1v) is 5.93. The second-order valence-electron chi connectivity index (χ2n) is 4.02.